The SMILES string of the molecule is CC1([C@H](N)C2=Cc3ccc(C#Cc4ccc5nc([C@@H](N)C6(C)CC6)[nH]c5c4)cc3C2)CC1. The fourth-order valence-corrected chi connectivity index (χ4v) is 4.84. The van der Waals surface area contributed by atoms with E-state index in [2.05, 4.69) is 61.0 Å². The molecule has 2 aromatic carbocycles. The van der Waals surface area contributed by atoms with Crippen LogP contribution in [0.4, 0.5) is 0 Å². The molecule has 4 heteroatoms. The molecular weight excluding hydrogens is 392 g/mol. The Labute approximate surface area is 189 Å². The minimum atomic E-state index is -0.0371. The Morgan fingerprint density at radius 1 is 0.906 bits per heavy atom. The van der Waals surface area contributed by atoms with Crippen molar-refractivity contribution in [2.75, 3.05) is 0 Å². The largest absolute Gasteiger partial charge is 0.341 e. The van der Waals surface area contributed by atoms with Crippen LogP contribution >= 0.6 is 0 Å². The standard InChI is InChI=1S/C28H30N4/c1-27(9-10-27)24(29)21-15-19-7-5-17(13-20(19)16-21)3-4-18-6-8-22-23(14-18)32-26(31-22)25(30)28(2)11-12-28/h5-8,13-15,24-25H,9-12,16,29-30H2,1-2H3,(H,31,32)/t24-,25-/m1/s1. The quantitative estimate of drug-likeness (QED) is 0.527. The number of rotatable bonds is 4. The highest BCUT2D eigenvalue weighted by molar-refractivity contribution is 5.77. The molecule has 0 radical (unpaired) electrons. The van der Waals surface area contributed by atoms with Crippen LogP contribution in [0.2, 0.25) is 0 Å². The fraction of sp³-hybridized carbons (Fsp3) is 0.393. The second-order valence-electron chi connectivity index (χ2n) is 10.7. The number of imidazole rings is 1. The Morgan fingerprint density at radius 2 is 1.56 bits per heavy atom. The van der Waals surface area contributed by atoms with Gasteiger partial charge in [-0.2, -0.15) is 0 Å². The van der Waals surface area contributed by atoms with Gasteiger partial charge in [0.2, 0.25) is 0 Å². The molecule has 2 fully saturated rings. The lowest BCUT2D eigenvalue weighted by Gasteiger charge is -2.20. The zero-order valence-electron chi connectivity index (χ0n) is 18.8. The lowest BCUT2D eigenvalue weighted by molar-refractivity contribution is 0.435. The summed E-state index contributed by atoms with van der Waals surface area (Å²) in [5.74, 6) is 7.55. The Bertz CT molecular complexity index is 1320. The van der Waals surface area contributed by atoms with Crippen molar-refractivity contribution >= 4 is 17.1 Å². The summed E-state index contributed by atoms with van der Waals surface area (Å²) in [5, 5.41) is 0. The molecular formula is C28H30N4. The zero-order chi connectivity index (χ0) is 22.1. The van der Waals surface area contributed by atoms with Gasteiger partial charge in [0.15, 0.2) is 0 Å². The molecule has 1 aromatic heterocycles. The van der Waals surface area contributed by atoms with Gasteiger partial charge in [0.05, 0.1) is 17.1 Å². The Kier molecular flexibility index (Phi) is 4.21. The van der Waals surface area contributed by atoms with Crippen molar-refractivity contribution in [1.82, 2.24) is 9.97 Å². The van der Waals surface area contributed by atoms with Crippen LogP contribution in [0.5, 0.6) is 0 Å². The number of hydrogen-bond acceptors (Lipinski definition) is 3. The normalized spacial score (nSPS) is 21.3. The number of nitrogens with one attached hydrogen (secondary N) is 1. The van der Waals surface area contributed by atoms with Crippen molar-refractivity contribution in [3.63, 3.8) is 0 Å². The van der Waals surface area contributed by atoms with Crippen LogP contribution in [0.3, 0.4) is 0 Å². The van der Waals surface area contributed by atoms with E-state index in [0.29, 0.717) is 5.41 Å². The monoisotopic (exact) mass is 422 g/mol. The maximum atomic E-state index is 6.55. The summed E-state index contributed by atoms with van der Waals surface area (Å²) in [6, 6.07) is 12.8. The summed E-state index contributed by atoms with van der Waals surface area (Å²) in [6.45, 7) is 4.54. The first-order valence-electron chi connectivity index (χ1n) is 11.7. The van der Waals surface area contributed by atoms with E-state index in [0.717, 1.165) is 34.4 Å². The summed E-state index contributed by atoms with van der Waals surface area (Å²) in [5.41, 5.74) is 21.4. The lowest BCUT2D eigenvalue weighted by atomic mass is 9.91. The van der Waals surface area contributed by atoms with E-state index in [1.165, 1.54) is 42.4 Å². The summed E-state index contributed by atoms with van der Waals surface area (Å²) < 4.78 is 0. The Balaban J connectivity index is 1.21. The van der Waals surface area contributed by atoms with Crippen LogP contribution in [-0.2, 0) is 6.42 Å². The third-order valence-corrected chi connectivity index (χ3v) is 8.00. The summed E-state index contributed by atoms with van der Waals surface area (Å²) in [7, 11) is 0. The van der Waals surface area contributed by atoms with Gasteiger partial charge in [-0.3, -0.25) is 0 Å². The van der Waals surface area contributed by atoms with E-state index >= 15 is 0 Å². The van der Waals surface area contributed by atoms with Crippen LogP contribution in [0, 0.1) is 22.7 Å². The molecule has 162 valence electrons. The first-order chi connectivity index (χ1) is 15.3. The molecule has 3 aromatic rings. The third-order valence-electron chi connectivity index (χ3n) is 8.00. The molecule has 3 aliphatic rings. The molecule has 3 aliphatic carbocycles. The van der Waals surface area contributed by atoms with Crippen LogP contribution in [0.25, 0.3) is 17.1 Å². The average Bonchev–Trinajstić information content (AvgIpc) is 3.62. The van der Waals surface area contributed by atoms with Gasteiger partial charge in [-0.15, -0.1) is 0 Å². The van der Waals surface area contributed by atoms with Gasteiger partial charge >= 0.3 is 0 Å². The van der Waals surface area contributed by atoms with Crippen LogP contribution in [0.15, 0.2) is 42.0 Å². The highest BCUT2D eigenvalue weighted by Gasteiger charge is 2.45. The molecule has 0 unspecified atom stereocenters. The Morgan fingerprint density at radius 3 is 2.28 bits per heavy atom. The van der Waals surface area contributed by atoms with Gasteiger partial charge < -0.3 is 16.5 Å². The minimum Gasteiger partial charge on any atom is -0.341 e. The van der Waals surface area contributed by atoms with Crippen LogP contribution < -0.4 is 11.5 Å². The number of fused-ring (bicyclic) bond motifs is 2. The van der Waals surface area contributed by atoms with Crippen molar-refractivity contribution in [2.24, 2.45) is 22.3 Å². The maximum absolute atomic E-state index is 6.55. The molecule has 4 nitrogen and oxygen atoms in total. The van der Waals surface area contributed by atoms with Crippen molar-refractivity contribution in [3.8, 4) is 11.8 Å². The van der Waals surface area contributed by atoms with Gasteiger partial charge in [0.25, 0.3) is 0 Å². The van der Waals surface area contributed by atoms with Crippen LogP contribution in [-0.4, -0.2) is 16.0 Å². The fourth-order valence-electron chi connectivity index (χ4n) is 4.84. The number of hydrogen-bond donors (Lipinski definition) is 3. The predicted octanol–water partition coefficient (Wildman–Crippen LogP) is 4.83. The predicted molar refractivity (Wildman–Crippen MR) is 130 cm³/mol. The molecule has 0 saturated heterocycles. The van der Waals surface area contributed by atoms with Crippen molar-refractivity contribution in [2.45, 2.75) is 58.0 Å². The summed E-state index contributed by atoms with van der Waals surface area (Å²) in [6.07, 6.45) is 8.06. The average molecular weight is 423 g/mol. The summed E-state index contributed by atoms with van der Waals surface area (Å²) >= 11 is 0. The number of aromatic nitrogens is 2. The maximum Gasteiger partial charge on any atom is 0.124 e. The van der Waals surface area contributed by atoms with Crippen molar-refractivity contribution < 1.29 is 0 Å². The van der Waals surface area contributed by atoms with Gasteiger partial charge in [0.1, 0.15) is 5.82 Å². The van der Waals surface area contributed by atoms with E-state index < -0.39 is 0 Å². The second-order valence-corrected chi connectivity index (χ2v) is 10.7. The van der Waals surface area contributed by atoms with E-state index in [4.69, 9.17) is 16.5 Å². The van der Waals surface area contributed by atoms with Gasteiger partial charge in [-0.25, -0.2) is 4.98 Å². The van der Waals surface area contributed by atoms with E-state index in [-0.39, 0.29) is 17.5 Å². The summed E-state index contributed by atoms with van der Waals surface area (Å²) in [4.78, 5) is 8.14. The molecule has 0 aliphatic heterocycles. The topological polar surface area (TPSA) is 80.7 Å². The van der Waals surface area contributed by atoms with Gasteiger partial charge in [-0.1, -0.05) is 37.8 Å². The molecule has 1 heterocycles. The number of benzene rings is 2. The molecule has 6 rings (SSSR count). The number of nitrogens with zero attached hydrogens (tertiary/aromatic N) is 1. The molecule has 0 bridgehead atoms. The zero-order valence-corrected chi connectivity index (χ0v) is 18.8. The smallest absolute Gasteiger partial charge is 0.124 e. The second kappa shape index (κ2) is 6.81. The third kappa shape index (κ3) is 3.37. The lowest BCUT2D eigenvalue weighted by Crippen LogP contribution is -2.31. The van der Waals surface area contributed by atoms with Gasteiger partial charge in [-0.05, 0) is 90.0 Å². The molecule has 32 heavy (non-hydrogen) atoms. The molecule has 5 N–H and O–H groups in total. The number of nitrogens with two attached hydrogens (primary N) is 2. The number of H-pyrrole nitrogens is 1. The van der Waals surface area contributed by atoms with Crippen molar-refractivity contribution in [1.29, 1.82) is 0 Å². The highest BCUT2D eigenvalue weighted by Crippen LogP contribution is 2.53. The van der Waals surface area contributed by atoms with Crippen molar-refractivity contribution in [3.05, 3.63) is 70.0 Å². The van der Waals surface area contributed by atoms with Crippen LogP contribution in [0.1, 0.15) is 73.7 Å². The number of aromatic amines is 1. The first kappa shape index (κ1) is 19.8. The molecule has 0 amide bonds. The first-order valence-corrected chi connectivity index (χ1v) is 11.7. The highest BCUT2D eigenvalue weighted by atomic mass is 15.0. The van der Waals surface area contributed by atoms with E-state index in [9.17, 15) is 0 Å². The minimum absolute atomic E-state index is 0.0371. The molecule has 2 saturated carbocycles. The van der Waals surface area contributed by atoms with E-state index in [1.807, 2.05) is 12.1 Å². The molecule has 0 spiro atoms. The molecule has 2 atom stereocenters. The van der Waals surface area contributed by atoms with E-state index in [1.54, 1.807) is 0 Å². The Hall–Kier alpha value is -2.87. The van der Waals surface area contributed by atoms with Gasteiger partial charge in [0, 0.05) is 17.2 Å².